The molecule has 0 bridgehead atoms. The zero-order valence-corrected chi connectivity index (χ0v) is 16.0. The van der Waals surface area contributed by atoms with Gasteiger partial charge in [-0.2, -0.15) is 0 Å². The van der Waals surface area contributed by atoms with Crippen molar-refractivity contribution >= 4 is 0 Å². The Morgan fingerprint density at radius 1 is 0.696 bits per heavy atom. The highest BCUT2D eigenvalue weighted by molar-refractivity contribution is 4.64. The maximum atomic E-state index is 7.01. The zero-order chi connectivity index (χ0) is 17.3. The van der Waals surface area contributed by atoms with Crippen molar-refractivity contribution in [3.8, 4) is 0 Å². The van der Waals surface area contributed by atoms with Gasteiger partial charge in [0.1, 0.15) is 0 Å². The molecule has 0 spiro atoms. The van der Waals surface area contributed by atoms with Gasteiger partial charge in [-0.15, -0.1) is 0 Å². The van der Waals surface area contributed by atoms with Gasteiger partial charge in [-0.3, -0.25) is 0 Å². The smallest absolute Gasteiger partial charge is 0.219 e. The van der Waals surface area contributed by atoms with Crippen molar-refractivity contribution in [2.45, 2.75) is 91.8 Å². The van der Waals surface area contributed by atoms with Crippen LogP contribution in [-0.2, 0) is 9.47 Å². The highest BCUT2D eigenvalue weighted by atomic mass is 16.7. The molecule has 3 nitrogen and oxygen atoms in total. The number of rotatable bonds is 16. The second-order valence-electron chi connectivity index (χ2n) is 6.65. The summed E-state index contributed by atoms with van der Waals surface area (Å²) < 4.78 is 12.1. The first-order chi connectivity index (χ1) is 11.2. The molecule has 0 aromatic rings. The van der Waals surface area contributed by atoms with E-state index in [4.69, 9.17) is 16.0 Å². The average molecular weight is 326 g/mol. The summed E-state index contributed by atoms with van der Waals surface area (Å²) in [6.45, 7) is 18.0. The second-order valence-corrected chi connectivity index (χ2v) is 6.65. The van der Waals surface area contributed by atoms with Crippen LogP contribution in [0.25, 0.3) is 4.85 Å². The zero-order valence-electron chi connectivity index (χ0n) is 16.0. The fraction of sp³-hybridized carbons (Fsp3) is 0.950. The van der Waals surface area contributed by atoms with E-state index >= 15 is 0 Å². The minimum Gasteiger partial charge on any atom is -0.352 e. The molecule has 0 saturated carbocycles. The molecular weight excluding hydrogens is 286 g/mol. The van der Waals surface area contributed by atoms with Gasteiger partial charge in [-0.05, 0) is 37.5 Å². The molecule has 23 heavy (non-hydrogen) atoms. The summed E-state index contributed by atoms with van der Waals surface area (Å²) >= 11 is 0. The molecular formula is C20H39NO2. The van der Waals surface area contributed by atoms with Crippen LogP contribution in [0.2, 0.25) is 0 Å². The third kappa shape index (κ3) is 12.5. The van der Waals surface area contributed by atoms with Gasteiger partial charge in [-0.1, -0.05) is 53.4 Å². The van der Waals surface area contributed by atoms with E-state index in [0.29, 0.717) is 24.8 Å². The van der Waals surface area contributed by atoms with E-state index in [0.717, 1.165) is 13.2 Å². The summed E-state index contributed by atoms with van der Waals surface area (Å²) in [4.78, 5) is 3.47. The minimum atomic E-state index is -0.198. The molecule has 0 aliphatic carbocycles. The number of hydrogen-bond acceptors (Lipinski definition) is 2. The molecule has 0 amide bonds. The van der Waals surface area contributed by atoms with E-state index in [1.165, 1.54) is 51.4 Å². The number of nitrogens with zero attached hydrogens (tertiary/aromatic N) is 1. The van der Waals surface area contributed by atoms with Crippen molar-refractivity contribution in [1.82, 2.24) is 0 Å². The summed E-state index contributed by atoms with van der Waals surface area (Å²) in [5.41, 5.74) is 0. The molecule has 136 valence electrons. The van der Waals surface area contributed by atoms with Crippen molar-refractivity contribution < 1.29 is 9.47 Å². The van der Waals surface area contributed by atoms with E-state index < -0.39 is 0 Å². The Bertz CT molecular complexity index is 256. The van der Waals surface area contributed by atoms with E-state index in [-0.39, 0.29) is 6.29 Å². The SMILES string of the molecule is [C-]#[N+]CCC(OCC(CCC)CCC)OCC(CCC)CCC. The Hall–Kier alpha value is -0.590. The van der Waals surface area contributed by atoms with Crippen LogP contribution in [0, 0.1) is 18.4 Å². The molecule has 0 atom stereocenters. The number of hydrogen-bond donors (Lipinski definition) is 0. The van der Waals surface area contributed by atoms with Gasteiger partial charge in [0, 0.05) is 0 Å². The fourth-order valence-corrected chi connectivity index (χ4v) is 3.13. The predicted molar refractivity (Wildman–Crippen MR) is 98.4 cm³/mol. The largest absolute Gasteiger partial charge is 0.352 e. The van der Waals surface area contributed by atoms with Crippen LogP contribution in [0.5, 0.6) is 0 Å². The van der Waals surface area contributed by atoms with E-state index in [2.05, 4.69) is 32.5 Å². The molecule has 0 N–H and O–H groups in total. The van der Waals surface area contributed by atoms with Crippen molar-refractivity contribution in [3.05, 3.63) is 11.4 Å². The van der Waals surface area contributed by atoms with Gasteiger partial charge in [0.25, 0.3) is 0 Å². The Balaban J connectivity index is 4.34. The molecule has 0 rings (SSSR count). The monoisotopic (exact) mass is 325 g/mol. The van der Waals surface area contributed by atoms with Crippen LogP contribution in [0.3, 0.4) is 0 Å². The summed E-state index contributed by atoms with van der Waals surface area (Å²) in [6, 6.07) is 0. The standard InChI is InChI=1S/C20H39NO2/c1-6-10-18(11-7-2)16-22-20(14-15-21-5)23-17-19(12-8-3)13-9-4/h18-20H,6-17H2,1-4H3. The molecule has 0 aliphatic heterocycles. The van der Waals surface area contributed by atoms with Gasteiger partial charge in [0.2, 0.25) is 6.54 Å². The Morgan fingerprint density at radius 3 is 1.39 bits per heavy atom. The highest BCUT2D eigenvalue weighted by Crippen LogP contribution is 2.18. The van der Waals surface area contributed by atoms with Gasteiger partial charge >= 0.3 is 0 Å². The Labute approximate surface area is 145 Å². The van der Waals surface area contributed by atoms with Crippen LogP contribution in [-0.4, -0.2) is 26.0 Å². The molecule has 0 radical (unpaired) electrons. The summed E-state index contributed by atoms with van der Waals surface area (Å²) in [6.07, 6.45) is 10.2. The lowest BCUT2D eigenvalue weighted by atomic mass is 9.99. The van der Waals surface area contributed by atoms with Crippen molar-refractivity contribution in [2.75, 3.05) is 19.8 Å². The molecule has 0 aromatic carbocycles. The van der Waals surface area contributed by atoms with Gasteiger partial charge in [0.05, 0.1) is 19.6 Å². The van der Waals surface area contributed by atoms with Gasteiger partial charge < -0.3 is 14.3 Å². The fourth-order valence-electron chi connectivity index (χ4n) is 3.13. The van der Waals surface area contributed by atoms with Gasteiger partial charge in [0.15, 0.2) is 6.29 Å². The maximum Gasteiger partial charge on any atom is 0.219 e. The molecule has 0 heterocycles. The van der Waals surface area contributed by atoms with Gasteiger partial charge in [-0.25, -0.2) is 6.57 Å². The van der Waals surface area contributed by atoms with Crippen LogP contribution >= 0.6 is 0 Å². The first kappa shape index (κ1) is 22.4. The van der Waals surface area contributed by atoms with Crippen LogP contribution in [0.4, 0.5) is 0 Å². The highest BCUT2D eigenvalue weighted by Gasteiger charge is 2.17. The lowest BCUT2D eigenvalue weighted by Crippen LogP contribution is -2.25. The number of ether oxygens (including phenoxy) is 2. The third-order valence-corrected chi connectivity index (χ3v) is 4.30. The molecule has 0 aliphatic rings. The summed E-state index contributed by atoms with van der Waals surface area (Å²) in [5.74, 6) is 1.26. The first-order valence-electron chi connectivity index (χ1n) is 9.77. The van der Waals surface area contributed by atoms with Crippen molar-refractivity contribution in [1.29, 1.82) is 0 Å². The molecule has 0 aromatic heterocycles. The quantitative estimate of drug-likeness (QED) is 0.253. The predicted octanol–water partition coefficient (Wildman–Crippen LogP) is 6.09. The van der Waals surface area contributed by atoms with E-state index in [1.807, 2.05) is 0 Å². The summed E-state index contributed by atoms with van der Waals surface area (Å²) in [7, 11) is 0. The maximum absolute atomic E-state index is 7.01. The lowest BCUT2D eigenvalue weighted by Gasteiger charge is -2.23. The van der Waals surface area contributed by atoms with Crippen molar-refractivity contribution in [3.63, 3.8) is 0 Å². The second kappa shape index (κ2) is 16.3. The molecule has 3 heteroatoms. The Morgan fingerprint density at radius 2 is 1.09 bits per heavy atom. The lowest BCUT2D eigenvalue weighted by molar-refractivity contribution is -0.159. The minimum absolute atomic E-state index is 0.198. The normalized spacial score (nSPS) is 11.6. The van der Waals surface area contributed by atoms with E-state index in [9.17, 15) is 0 Å². The average Bonchev–Trinajstić information content (AvgIpc) is 2.54. The third-order valence-electron chi connectivity index (χ3n) is 4.30. The van der Waals surface area contributed by atoms with Crippen molar-refractivity contribution in [2.24, 2.45) is 11.8 Å². The van der Waals surface area contributed by atoms with E-state index in [1.54, 1.807) is 0 Å². The molecule has 0 unspecified atom stereocenters. The Kier molecular flexibility index (Phi) is 15.9. The molecule has 0 saturated heterocycles. The first-order valence-corrected chi connectivity index (χ1v) is 9.77. The topological polar surface area (TPSA) is 22.8 Å². The van der Waals surface area contributed by atoms with Crippen LogP contribution < -0.4 is 0 Å². The molecule has 0 fully saturated rings. The van der Waals surface area contributed by atoms with Crippen LogP contribution in [0.15, 0.2) is 0 Å². The van der Waals surface area contributed by atoms with Crippen LogP contribution in [0.1, 0.15) is 85.5 Å². The summed E-state index contributed by atoms with van der Waals surface area (Å²) in [5, 5.41) is 0.